The van der Waals surface area contributed by atoms with E-state index in [1.807, 2.05) is 43.4 Å². The molecule has 0 aromatic heterocycles. The summed E-state index contributed by atoms with van der Waals surface area (Å²) in [5.74, 6) is -0.919. The van der Waals surface area contributed by atoms with Crippen LogP contribution in [0.15, 0.2) is 12.1 Å². The zero-order valence-corrected chi connectivity index (χ0v) is 18.3. The molecule has 1 unspecified atom stereocenters. The molecule has 1 rings (SSSR count). The maximum Gasteiger partial charge on any atom is 0.340 e. The van der Waals surface area contributed by atoms with Gasteiger partial charge in [-0.05, 0) is 82.5 Å². The van der Waals surface area contributed by atoms with Crippen LogP contribution in [0.3, 0.4) is 0 Å². The Morgan fingerprint density at radius 3 is 2.22 bits per heavy atom. The molecule has 0 bridgehead atoms. The van der Waals surface area contributed by atoms with Crippen LogP contribution >= 0.6 is 45.2 Å². The Morgan fingerprint density at radius 2 is 1.78 bits per heavy atom. The number of halogens is 2. The smallest absolute Gasteiger partial charge is 0.340 e. The first-order valence-electron chi connectivity index (χ1n) is 7.43. The second kappa shape index (κ2) is 8.13. The molecule has 0 fully saturated rings. The van der Waals surface area contributed by atoms with Crippen LogP contribution in [0.25, 0.3) is 0 Å². The summed E-state index contributed by atoms with van der Waals surface area (Å²) in [6.07, 6.45) is 0.687. The summed E-state index contributed by atoms with van der Waals surface area (Å²) in [7, 11) is 0. The Morgan fingerprint density at radius 1 is 1.22 bits per heavy atom. The van der Waals surface area contributed by atoms with Gasteiger partial charge in [-0.15, -0.1) is 0 Å². The van der Waals surface area contributed by atoms with Gasteiger partial charge in [-0.3, -0.25) is 4.79 Å². The summed E-state index contributed by atoms with van der Waals surface area (Å²) >= 11 is 4.03. The van der Waals surface area contributed by atoms with Crippen molar-refractivity contribution in [2.24, 2.45) is 17.3 Å². The fourth-order valence-corrected chi connectivity index (χ4v) is 4.48. The summed E-state index contributed by atoms with van der Waals surface area (Å²) < 4.78 is 6.95. The molecule has 1 atom stereocenters. The molecule has 1 aromatic rings. The Kier molecular flexibility index (Phi) is 7.31. The molecule has 128 valence electrons. The minimum Gasteiger partial charge on any atom is -0.478 e. The van der Waals surface area contributed by atoms with Crippen LogP contribution < -0.4 is 4.74 Å². The van der Waals surface area contributed by atoms with Crippen molar-refractivity contribution in [1.82, 2.24) is 0 Å². The minimum atomic E-state index is -1.09. The number of carbonyl (C=O) groups excluding carboxylic acids is 1. The normalized spacial score (nSPS) is 14.0. The Balaban J connectivity index is 3.25. The topological polar surface area (TPSA) is 63.6 Å². The number of aromatic carboxylic acids is 1. The number of benzene rings is 1. The van der Waals surface area contributed by atoms with Gasteiger partial charge in [0.2, 0.25) is 0 Å². The first-order valence-corrected chi connectivity index (χ1v) is 9.59. The fraction of sp³-hybridized carbons (Fsp3) is 0.529. The molecule has 23 heavy (non-hydrogen) atoms. The highest BCUT2D eigenvalue weighted by Crippen LogP contribution is 2.37. The lowest BCUT2D eigenvalue weighted by Crippen LogP contribution is -2.38. The zero-order valence-electron chi connectivity index (χ0n) is 13.9. The molecular weight excluding hydrogens is 522 g/mol. The predicted molar refractivity (Wildman–Crippen MR) is 107 cm³/mol. The van der Waals surface area contributed by atoms with E-state index in [4.69, 9.17) is 4.74 Å². The lowest BCUT2D eigenvalue weighted by atomic mass is 9.73. The second-order valence-corrected chi connectivity index (χ2v) is 9.03. The summed E-state index contributed by atoms with van der Waals surface area (Å²) in [5, 5.41) is 9.41. The lowest BCUT2D eigenvalue weighted by molar-refractivity contribution is -0.148. The number of carboxylic acids is 1. The van der Waals surface area contributed by atoms with Crippen LogP contribution in [-0.2, 0) is 4.79 Å². The monoisotopic (exact) mass is 544 g/mol. The predicted octanol–water partition coefficient (Wildman–Crippen LogP) is 5.21. The van der Waals surface area contributed by atoms with Gasteiger partial charge in [0, 0.05) is 7.14 Å². The van der Waals surface area contributed by atoms with Gasteiger partial charge in [0.05, 0.1) is 5.41 Å². The van der Waals surface area contributed by atoms with Gasteiger partial charge < -0.3 is 9.84 Å². The number of carbonyl (C=O) groups is 2. The van der Waals surface area contributed by atoms with Crippen molar-refractivity contribution in [2.45, 2.75) is 41.0 Å². The first-order chi connectivity index (χ1) is 10.5. The van der Waals surface area contributed by atoms with E-state index in [2.05, 4.69) is 36.4 Å². The molecular formula is C17H22I2O4. The Hall–Kier alpha value is -0.380. The molecule has 0 aliphatic rings. The SMILES string of the molecule is CC(C)CC(C)(C(=O)Oc1cc(I)cc(I)c1C(=O)O)C(C)C. The molecule has 1 N–H and O–H groups in total. The van der Waals surface area contributed by atoms with Crippen LogP contribution in [0.5, 0.6) is 5.75 Å². The third kappa shape index (κ3) is 5.04. The number of carboxylic acid groups (broad SMARTS) is 1. The molecule has 0 saturated carbocycles. The van der Waals surface area contributed by atoms with Crippen LogP contribution in [0.2, 0.25) is 0 Å². The maximum atomic E-state index is 12.8. The van der Waals surface area contributed by atoms with E-state index in [0.29, 0.717) is 15.9 Å². The molecule has 0 aliphatic carbocycles. The van der Waals surface area contributed by atoms with E-state index in [1.165, 1.54) is 0 Å². The highest BCUT2D eigenvalue weighted by atomic mass is 127. The summed E-state index contributed by atoms with van der Waals surface area (Å²) in [6, 6.07) is 3.35. The van der Waals surface area contributed by atoms with Crippen molar-refractivity contribution in [2.75, 3.05) is 0 Å². The van der Waals surface area contributed by atoms with E-state index < -0.39 is 11.4 Å². The van der Waals surface area contributed by atoms with Crippen LogP contribution in [0.1, 0.15) is 51.4 Å². The van der Waals surface area contributed by atoms with E-state index in [1.54, 1.807) is 12.1 Å². The van der Waals surface area contributed by atoms with Crippen molar-refractivity contribution < 1.29 is 19.4 Å². The largest absolute Gasteiger partial charge is 0.478 e. The molecule has 0 saturated heterocycles. The third-order valence-corrected chi connectivity index (χ3v) is 5.48. The van der Waals surface area contributed by atoms with Gasteiger partial charge >= 0.3 is 11.9 Å². The molecule has 0 amide bonds. The van der Waals surface area contributed by atoms with Crippen LogP contribution in [0.4, 0.5) is 0 Å². The molecule has 1 aromatic carbocycles. The number of rotatable bonds is 6. The maximum absolute atomic E-state index is 12.8. The zero-order chi connectivity index (χ0) is 17.9. The first kappa shape index (κ1) is 20.7. The summed E-state index contributed by atoms with van der Waals surface area (Å²) in [5.41, 5.74) is -0.619. The Labute approximate surface area is 164 Å². The number of hydrogen-bond acceptors (Lipinski definition) is 3. The molecule has 0 aliphatic heterocycles. The lowest BCUT2D eigenvalue weighted by Gasteiger charge is -2.33. The molecule has 0 spiro atoms. The third-order valence-electron chi connectivity index (χ3n) is 4.01. The molecule has 0 radical (unpaired) electrons. The van der Waals surface area contributed by atoms with Crippen molar-refractivity contribution >= 4 is 57.1 Å². The van der Waals surface area contributed by atoms with Gasteiger partial charge in [0.1, 0.15) is 11.3 Å². The summed E-state index contributed by atoms with van der Waals surface area (Å²) in [6.45, 7) is 9.98. The van der Waals surface area contributed by atoms with E-state index >= 15 is 0 Å². The molecule has 0 heterocycles. The van der Waals surface area contributed by atoms with Crippen molar-refractivity contribution in [3.8, 4) is 5.75 Å². The van der Waals surface area contributed by atoms with Gasteiger partial charge in [-0.25, -0.2) is 4.79 Å². The van der Waals surface area contributed by atoms with E-state index in [9.17, 15) is 14.7 Å². The molecule has 6 heteroatoms. The number of esters is 1. The standard InChI is InChI=1S/C17H22I2O4/c1-9(2)8-17(5,10(3)4)16(22)23-13-7-11(18)6-12(19)14(13)15(20)21/h6-7,9-10H,8H2,1-5H3,(H,20,21). The van der Waals surface area contributed by atoms with Crippen LogP contribution in [-0.4, -0.2) is 17.0 Å². The quantitative estimate of drug-likeness (QED) is 0.304. The van der Waals surface area contributed by atoms with Gasteiger partial charge in [0.25, 0.3) is 0 Å². The van der Waals surface area contributed by atoms with E-state index in [0.717, 1.165) is 3.57 Å². The Bertz CT molecular complexity index is 611. The number of ether oxygens (including phenoxy) is 1. The van der Waals surface area contributed by atoms with Gasteiger partial charge in [-0.1, -0.05) is 27.7 Å². The highest BCUT2D eigenvalue weighted by Gasteiger charge is 2.39. The van der Waals surface area contributed by atoms with Gasteiger partial charge in [0.15, 0.2) is 0 Å². The minimum absolute atomic E-state index is 0.0371. The number of hydrogen-bond donors (Lipinski definition) is 1. The average Bonchev–Trinajstić information content (AvgIpc) is 2.35. The van der Waals surface area contributed by atoms with Gasteiger partial charge in [-0.2, -0.15) is 0 Å². The van der Waals surface area contributed by atoms with Crippen LogP contribution in [0, 0.1) is 24.4 Å². The van der Waals surface area contributed by atoms with Crippen molar-refractivity contribution in [3.05, 3.63) is 24.8 Å². The van der Waals surface area contributed by atoms with E-state index in [-0.39, 0.29) is 23.2 Å². The average molecular weight is 544 g/mol. The fourth-order valence-electron chi connectivity index (χ4n) is 2.46. The van der Waals surface area contributed by atoms with Crippen molar-refractivity contribution in [1.29, 1.82) is 0 Å². The highest BCUT2D eigenvalue weighted by molar-refractivity contribution is 14.1. The molecule has 4 nitrogen and oxygen atoms in total. The second-order valence-electron chi connectivity index (χ2n) is 6.63. The van der Waals surface area contributed by atoms with Crippen molar-refractivity contribution in [3.63, 3.8) is 0 Å². The summed E-state index contributed by atoms with van der Waals surface area (Å²) in [4.78, 5) is 24.3.